The van der Waals surface area contributed by atoms with Gasteiger partial charge in [-0.2, -0.15) is 5.26 Å². The summed E-state index contributed by atoms with van der Waals surface area (Å²) in [4.78, 5) is 2.44. The number of hydrogen-bond donors (Lipinski definition) is 1. The van der Waals surface area contributed by atoms with Gasteiger partial charge in [-0.3, -0.25) is 4.90 Å². The molecule has 0 radical (unpaired) electrons. The number of nitrogens with zero attached hydrogens (tertiary/aromatic N) is 2. The zero-order valence-electron chi connectivity index (χ0n) is 12.0. The van der Waals surface area contributed by atoms with E-state index in [1.165, 1.54) is 25.7 Å². The minimum atomic E-state index is -0.884. The van der Waals surface area contributed by atoms with Crippen LogP contribution in [0.3, 0.4) is 0 Å². The molecule has 1 atom stereocenters. The lowest BCUT2D eigenvalue weighted by molar-refractivity contribution is 0.217. The number of nitrogens with two attached hydrogens (primary N) is 1. The smallest absolute Gasteiger partial charge is 0.142 e. The van der Waals surface area contributed by atoms with Crippen LogP contribution >= 0.6 is 0 Å². The van der Waals surface area contributed by atoms with Crippen molar-refractivity contribution >= 4 is 0 Å². The summed E-state index contributed by atoms with van der Waals surface area (Å²) < 4.78 is 0. The molecule has 3 nitrogen and oxygen atoms in total. The average Bonchev–Trinajstić information content (AvgIpc) is 3.36. The van der Waals surface area contributed by atoms with E-state index in [0.29, 0.717) is 6.54 Å². The van der Waals surface area contributed by atoms with Gasteiger partial charge in [0.05, 0.1) is 6.07 Å². The van der Waals surface area contributed by atoms with Crippen molar-refractivity contribution in [2.24, 2.45) is 17.6 Å². The lowest BCUT2D eigenvalue weighted by atomic mass is 9.91. The summed E-state index contributed by atoms with van der Waals surface area (Å²) >= 11 is 0. The summed E-state index contributed by atoms with van der Waals surface area (Å²) in [6, 6.07) is 12.2. The van der Waals surface area contributed by atoms with Crippen molar-refractivity contribution in [2.45, 2.75) is 31.2 Å². The van der Waals surface area contributed by atoms with Gasteiger partial charge in [0.15, 0.2) is 0 Å². The van der Waals surface area contributed by atoms with Crippen LogP contribution in [0.15, 0.2) is 30.3 Å². The Morgan fingerprint density at radius 3 is 2.10 bits per heavy atom. The maximum absolute atomic E-state index is 9.59. The summed E-state index contributed by atoms with van der Waals surface area (Å²) in [6.07, 6.45) is 5.38. The highest BCUT2D eigenvalue weighted by Crippen LogP contribution is 2.34. The van der Waals surface area contributed by atoms with E-state index in [1.54, 1.807) is 0 Å². The lowest BCUT2D eigenvalue weighted by Gasteiger charge is -2.31. The molecule has 0 bridgehead atoms. The van der Waals surface area contributed by atoms with Gasteiger partial charge in [-0.05, 0) is 43.1 Å². The van der Waals surface area contributed by atoms with E-state index in [-0.39, 0.29) is 0 Å². The first-order valence-electron chi connectivity index (χ1n) is 7.67. The molecule has 0 aromatic heterocycles. The second-order valence-corrected chi connectivity index (χ2v) is 6.53. The number of rotatable bonds is 7. The van der Waals surface area contributed by atoms with Crippen LogP contribution in [-0.2, 0) is 5.54 Å². The summed E-state index contributed by atoms with van der Waals surface area (Å²) in [5, 5.41) is 9.59. The second kappa shape index (κ2) is 5.55. The van der Waals surface area contributed by atoms with E-state index in [4.69, 9.17) is 5.73 Å². The number of hydrogen-bond acceptors (Lipinski definition) is 3. The monoisotopic (exact) mass is 269 g/mol. The molecule has 2 aliphatic rings. The van der Waals surface area contributed by atoms with E-state index < -0.39 is 5.54 Å². The molecule has 0 spiro atoms. The van der Waals surface area contributed by atoms with Crippen LogP contribution < -0.4 is 5.73 Å². The first-order chi connectivity index (χ1) is 9.69. The highest BCUT2D eigenvalue weighted by atomic mass is 15.2. The van der Waals surface area contributed by atoms with Crippen molar-refractivity contribution in [2.75, 3.05) is 19.6 Å². The van der Waals surface area contributed by atoms with Gasteiger partial charge in [0.25, 0.3) is 0 Å². The van der Waals surface area contributed by atoms with E-state index in [0.717, 1.165) is 30.5 Å². The van der Waals surface area contributed by atoms with Crippen LogP contribution in [0.25, 0.3) is 0 Å². The van der Waals surface area contributed by atoms with Gasteiger partial charge >= 0.3 is 0 Å². The number of nitriles is 1. The predicted molar refractivity (Wildman–Crippen MR) is 79.8 cm³/mol. The van der Waals surface area contributed by atoms with Gasteiger partial charge in [0.1, 0.15) is 5.54 Å². The fourth-order valence-corrected chi connectivity index (χ4v) is 2.81. The van der Waals surface area contributed by atoms with Crippen LogP contribution in [0.4, 0.5) is 0 Å². The maximum Gasteiger partial charge on any atom is 0.142 e. The Hall–Kier alpha value is -1.37. The quantitative estimate of drug-likeness (QED) is 0.827. The van der Waals surface area contributed by atoms with Crippen LogP contribution in [0.5, 0.6) is 0 Å². The molecule has 3 rings (SSSR count). The summed E-state index contributed by atoms with van der Waals surface area (Å²) in [7, 11) is 0. The molecule has 3 heteroatoms. The van der Waals surface area contributed by atoms with Crippen molar-refractivity contribution in [1.29, 1.82) is 5.26 Å². The van der Waals surface area contributed by atoms with Crippen molar-refractivity contribution < 1.29 is 0 Å². The van der Waals surface area contributed by atoms with Crippen molar-refractivity contribution in [1.82, 2.24) is 4.90 Å². The highest BCUT2D eigenvalue weighted by Gasteiger charge is 2.35. The Balaban J connectivity index is 1.71. The lowest BCUT2D eigenvalue weighted by Crippen LogP contribution is -2.47. The van der Waals surface area contributed by atoms with Gasteiger partial charge in [0, 0.05) is 19.6 Å². The minimum absolute atomic E-state index is 0.653. The molecule has 0 aliphatic heterocycles. The molecule has 0 amide bonds. The normalized spacial score (nSPS) is 21.4. The standard InChI is InChI=1S/C17H23N3/c18-12-17(19,16-4-2-1-3-5-16)13-20(10-14-6-7-14)11-15-8-9-15/h1-5,14-15H,6-11,13,19H2. The van der Waals surface area contributed by atoms with E-state index in [1.807, 2.05) is 30.3 Å². The van der Waals surface area contributed by atoms with E-state index in [2.05, 4.69) is 11.0 Å². The van der Waals surface area contributed by atoms with Crippen molar-refractivity contribution in [3.05, 3.63) is 35.9 Å². The molecule has 1 aromatic rings. The minimum Gasteiger partial charge on any atom is -0.309 e. The molecule has 2 aliphatic carbocycles. The van der Waals surface area contributed by atoms with E-state index in [9.17, 15) is 5.26 Å². The Morgan fingerprint density at radius 2 is 1.65 bits per heavy atom. The molecule has 2 fully saturated rings. The topological polar surface area (TPSA) is 53.1 Å². The van der Waals surface area contributed by atoms with E-state index >= 15 is 0 Å². The Morgan fingerprint density at radius 1 is 1.10 bits per heavy atom. The molecule has 2 saturated carbocycles. The van der Waals surface area contributed by atoms with Gasteiger partial charge in [0.2, 0.25) is 0 Å². The Bertz CT molecular complexity index is 471. The summed E-state index contributed by atoms with van der Waals surface area (Å²) in [6.45, 7) is 2.88. The molecular formula is C17H23N3. The summed E-state index contributed by atoms with van der Waals surface area (Å²) in [5.41, 5.74) is 6.45. The zero-order valence-corrected chi connectivity index (χ0v) is 12.0. The molecular weight excluding hydrogens is 246 g/mol. The average molecular weight is 269 g/mol. The second-order valence-electron chi connectivity index (χ2n) is 6.53. The van der Waals surface area contributed by atoms with Crippen LogP contribution in [0.2, 0.25) is 0 Å². The predicted octanol–water partition coefficient (Wildman–Crippen LogP) is 2.49. The fourth-order valence-electron chi connectivity index (χ4n) is 2.81. The van der Waals surface area contributed by atoms with Gasteiger partial charge in [-0.25, -0.2) is 0 Å². The Labute approximate surface area is 121 Å². The largest absolute Gasteiger partial charge is 0.309 e. The highest BCUT2D eigenvalue weighted by molar-refractivity contribution is 5.31. The van der Waals surface area contributed by atoms with Crippen LogP contribution in [-0.4, -0.2) is 24.5 Å². The van der Waals surface area contributed by atoms with Crippen molar-refractivity contribution in [3.8, 4) is 6.07 Å². The zero-order chi connectivity index (χ0) is 14.0. The molecule has 20 heavy (non-hydrogen) atoms. The van der Waals surface area contributed by atoms with Gasteiger partial charge < -0.3 is 5.73 Å². The van der Waals surface area contributed by atoms with Crippen molar-refractivity contribution in [3.63, 3.8) is 0 Å². The van der Waals surface area contributed by atoms with Crippen LogP contribution in [0.1, 0.15) is 31.2 Å². The SMILES string of the molecule is N#CC(N)(CN(CC1CC1)CC1CC1)c1ccccc1. The molecule has 0 heterocycles. The first kappa shape index (κ1) is 13.6. The maximum atomic E-state index is 9.59. The third kappa shape index (κ3) is 3.39. The molecule has 0 saturated heterocycles. The first-order valence-corrected chi connectivity index (χ1v) is 7.67. The third-order valence-corrected chi connectivity index (χ3v) is 4.39. The molecule has 1 aromatic carbocycles. The molecule has 1 unspecified atom stereocenters. The summed E-state index contributed by atoms with van der Waals surface area (Å²) in [5.74, 6) is 1.68. The molecule has 106 valence electrons. The van der Waals surface area contributed by atoms with Gasteiger partial charge in [-0.15, -0.1) is 0 Å². The molecule has 2 N–H and O–H groups in total. The van der Waals surface area contributed by atoms with Crippen LogP contribution in [0, 0.1) is 23.2 Å². The number of benzene rings is 1. The Kier molecular flexibility index (Phi) is 3.78. The third-order valence-electron chi connectivity index (χ3n) is 4.39. The fraction of sp³-hybridized carbons (Fsp3) is 0.588. The van der Waals surface area contributed by atoms with Gasteiger partial charge in [-0.1, -0.05) is 30.3 Å².